The maximum absolute atomic E-state index is 11.1. The van der Waals surface area contributed by atoms with Crippen LogP contribution in [-0.2, 0) is 14.3 Å². The summed E-state index contributed by atoms with van der Waals surface area (Å²) in [6.07, 6.45) is 0.920. The fourth-order valence-electron chi connectivity index (χ4n) is 1.14. The molecule has 1 saturated heterocycles. The van der Waals surface area contributed by atoms with Crippen LogP contribution in [0.25, 0.3) is 0 Å². The molecule has 0 aliphatic carbocycles. The van der Waals surface area contributed by atoms with Gasteiger partial charge in [0.15, 0.2) is 0 Å². The zero-order chi connectivity index (χ0) is 9.14. The second-order valence-corrected chi connectivity index (χ2v) is 2.80. The Morgan fingerprint density at radius 3 is 2.58 bits per heavy atom. The van der Waals surface area contributed by atoms with E-state index in [0.717, 1.165) is 6.42 Å². The van der Waals surface area contributed by atoms with Crippen molar-refractivity contribution in [3.8, 4) is 0 Å². The Kier molecular flexibility index (Phi) is 2.87. The van der Waals surface area contributed by atoms with Gasteiger partial charge in [0.25, 0.3) is 0 Å². The molecule has 3 heteroatoms. The van der Waals surface area contributed by atoms with E-state index in [2.05, 4.69) is 6.58 Å². The summed E-state index contributed by atoms with van der Waals surface area (Å²) in [5.41, 5.74) is 0.433. The SMILES string of the molecule is C=C1C(=O)O[C@@H](CC)O[C@H]1CC. The number of hydrogen-bond acceptors (Lipinski definition) is 3. The summed E-state index contributed by atoms with van der Waals surface area (Å²) in [5, 5.41) is 0. The van der Waals surface area contributed by atoms with Gasteiger partial charge in [0.05, 0.1) is 11.7 Å². The normalized spacial score (nSPS) is 30.2. The molecule has 1 fully saturated rings. The van der Waals surface area contributed by atoms with Gasteiger partial charge < -0.3 is 9.47 Å². The van der Waals surface area contributed by atoms with Gasteiger partial charge in [-0.3, -0.25) is 0 Å². The Morgan fingerprint density at radius 1 is 1.42 bits per heavy atom. The van der Waals surface area contributed by atoms with E-state index < -0.39 is 0 Å². The molecular weight excluding hydrogens is 156 g/mol. The van der Waals surface area contributed by atoms with E-state index in [1.54, 1.807) is 0 Å². The number of ether oxygens (including phenoxy) is 2. The van der Waals surface area contributed by atoms with E-state index in [0.29, 0.717) is 12.0 Å². The van der Waals surface area contributed by atoms with Crippen molar-refractivity contribution in [2.45, 2.75) is 39.1 Å². The van der Waals surface area contributed by atoms with Gasteiger partial charge in [-0.1, -0.05) is 20.4 Å². The van der Waals surface area contributed by atoms with Gasteiger partial charge in [0, 0.05) is 6.42 Å². The van der Waals surface area contributed by atoms with Crippen LogP contribution in [-0.4, -0.2) is 18.4 Å². The number of cyclic esters (lactones) is 1. The first-order valence-corrected chi connectivity index (χ1v) is 4.24. The zero-order valence-electron chi connectivity index (χ0n) is 7.50. The predicted molar refractivity (Wildman–Crippen MR) is 44.5 cm³/mol. The minimum absolute atomic E-state index is 0.156. The fourth-order valence-corrected chi connectivity index (χ4v) is 1.14. The van der Waals surface area contributed by atoms with Crippen molar-refractivity contribution < 1.29 is 14.3 Å². The molecule has 0 amide bonds. The highest BCUT2D eigenvalue weighted by atomic mass is 16.7. The number of carbonyl (C=O) groups is 1. The number of carbonyl (C=O) groups excluding carboxylic acids is 1. The van der Waals surface area contributed by atoms with Crippen LogP contribution in [0, 0.1) is 0 Å². The van der Waals surface area contributed by atoms with Crippen LogP contribution in [0.5, 0.6) is 0 Å². The third-order valence-electron chi connectivity index (χ3n) is 1.91. The monoisotopic (exact) mass is 170 g/mol. The summed E-state index contributed by atoms with van der Waals surface area (Å²) >= 11 is 0. The average Bonchev–Trinajstić information content (AvgIpc) is 2.09. The molecule has 1 aliphatic rings. The van der Waals surface area contributed by atoms with Gasteiger partial charge in [-0.25, -0.2) is 4.79 Å². The molecular formula is C9H14O3. The van der Waals surface area contributed by atoms with E-state index in [1.165, 1.54) is 0 Å². The lowest BCUT2D eigenvalue weighted by molar-refractivity contribution is -0.200. The minimum atomic E-state index is -0.382. The molecule has 0 aromatic heterocycles. The van der Waals surface area contributed by atoms with Gasteiger partial charge in [0.1, 0.15) is 0 Å². The molecule has 0 spiro atoms. The van der Waals surface area contributed by atoms with Crippen molar-refractivity contribution in [2.75, 3.05) is 0 Å². The number of esters is 1. The smallest absolute Gasteiger partial charge is 0.338 e. The summed E-state index contributed by atoms with van der Waals surface area (Å²) in [6.45, 7) is 7.49. The lowest BCUT2D eigenvalue weighted by Gasteiger charge is -2.29. The minimum Gasteiger partial charge on any atom is -0.432 e. The van der Waals surface area contributed by atoms with Crippen LogP contribution in [0.4, 0.5) is 0 Å². The maximum atomic E-state index is 11.1. The first-order valence-electron chi connectivity index (χ1n) is 4.24. The average molecular weight is 170 g/mol. The highest BCUT2D eigenvalue weighted by Crippen LogP contribution is 2.21. The molecule has 0 aromatic rings. The lowest BCUT2D eigenvalue weighted by Crippen LogP contribution is -2.36. The van der Waals surface area contributed by atoms with Crippen LogP contribution in [0.15, 0.2) is 12.2 Å². The Morgan fingerprint density at radius 2 is 2.08 bits per heavy atom. The number of rotatable bonds is 2. The zero-order valence-corrected chi connectivity index (χ0v) is 7.50. The molecule has 0 N–H and O–H groups in total. The molecule has 1 aliphatic heterocycles. The van der Waals surface area contributed by atoms with Gasteiger partial charge in [-0.15, -0.1) is 0 Å². The van der Waals surface area contributed by atoms with E-state index >= 15 is 0 Å². The Balaban J connectivity index is 2.64. The Hall–Kier alpha value is -0.830. The van der Waals surface area contributed by atoms with Crippen LogP contribution in [0.1, 0.15) is 26.7 Å². The first-order chi connectivity index (χ1) is 5.69. The van der Waals surface area contributed by atoms with E-state index in [4.69, 9.17) is 9.47 Å². The van der Waals surface area contributed by atoms with Gasteiger partial charge in [-0.05, 0) is 6.42 Å². The second kappa shape index (κ2) is 3.72. The summed E-state index contributed by atoms with van der Waals surface area (Å²) in [5.74, 6) is -0.319. The second-order valence-electron chi connectivity index (χ2n) is 2.80. The van der Waals surface area contributed by atoms with Crippen molar-refractivity contribution in [3.63, 3.8) is 0 Å². The molecule has 68 valence electrons. The van der Waals surface area contributed by atoms with Gasteiger partial charge in [0.2, 0.25) is 6.29 Å². The topological polar surface area (TPSA) is 35.5 Å². The van der Waals surface area contributed by atoms with Gasteiger partial charge in [-0.2, -0.15) is 0 Å². The summed E-state index contributed by atoms with van der Waals surface area (Å²) in [4.78, 5) is 11.1. The first kappa shape index (κ1) is 9.26. The third-order valence-corrected chi connectivity index (χ3v) is 1.91. The van der Waals surface area contributed by atoms with Crippen molar-refractivity contribution in [2.24, 2.45) is 0 Å². The van der Waals surface area contributed by atoms with Crippen molar-refractivity contribution in [1.82, 2.24) is 0 Å². The highest BCUT2D eigenvalue weighted by molar-refractivity contribution is 5.89. The molecule has 2 atom stereocenters. The molecule has 1 rings (SSSR count). The van der Waals surface area contributed by atoms with E-state index in [-0.39, 0.29) is 18.4 Å². The highest BCUT2D eigenvalue weighted by Gasteiger charge is 2.30. The molecule has 0 saturated carbocycles. The third kappa shape index (κ3) is 1.67. The fraction of sp³-hybridized carbons (Fsp3) is 0.667. The van der Waals surface area contributed by atoms with Crippen LogP contribution < -0.4 is 0 Å². The van der Waals surface area contributed by atoms with Crippen molar-refractivity contribution in [3.05, 3.63) is 12.2 Å². The van der Waals surface area contributed by atoms with Gasteiger partial charge >= 0.3 is 5.97 Å². The maximum Gasteiger partial charge on any atom is 0.338 e. The largest absolute Gasteiger partial charge is 0.432 e. The molecule has 0 aromatic carbocycles. The summed E-state index contributed by atoms with van der Waals surface area (Å²) in [7, 11) is 0. The van der Waals surface area contributed by atoms with Crippen LogP contribution in [0.2, 0.25) is 0 Å². The Labute approximate surface area is 72.4 Å². The molecule has 0 unspecified atom stereocenters. The molecule has 0 bridgehead atoms. The summed E-state index contributed by atoms with van der Waals surface area (Å²) in [6, 6.07) is 0. The Bertz CT molecular complexity index is 198. The lowest BCUT2D eigenvalue weighted by atomic mass is 10.1. The van der Waals surface area contributed by atoms with E-state index in [9.17, 15) is 4.79 Å². The van der Waals surface area contributed by atoms with Crippen LogP contribution in [0.3, 0.4) is 0 Å². The van der Waals surface area contributed by atoms with Crippen molar-refractivity contribution in [1.29, 1.82) is 0 Å². The van der Waals surface area contributed by atoms with E-state index in [1.807, 2.05) is 13.8 Å². The van der Waals surface area contributed by atoms with Crippen LogP contribution >= 0.6 is 0 Å². The summed E-state index contributed by atoms with van der Waals surface area (Å²) < 4.78 is 10.3. The standard InChI is InChI=1S/C9H14O3/c1-4-7-6(3)9(10)12-8(5-2)11-7/h7-8H,3-5H2,1-2H3/t7-,8-/m0/s1. The molecule has 3 nitrogen and oxygen atoms in total. The molecule has 1 heterocycles. The predicted octanol–water partition coefficient (Wildman–Crippen LogP) is 1.63. The number of hydrogen-bond donors (Lipinski definition) is 0. The van der Waals surface area contributed by atoms with Crippen molar-refractivity contribution >= 4 is 5.97 Å². The quantitative estimate of drug-likeness (QED) is 0.466. The molecule has 0 radical (unpaired) electrons. The molecule has 12 heavy (non-hydrogen) atoms.